The van der Waals surface area contributed by atoms with Crippen molar-refractivity contribution < 1.29 is 13.6 Å². The number of alkyl halides is 2. The summed E-state index contributed by atoms with van der Waals surface area (Å²) in [4.78, 5) is 11.1. The SMILES string of the molecule is CC(=O)c1c(C(F)F)ccc(C#N)c1N. The number of hydrogen-bond donors (Lipinski definition) is 1. The molecule has 0 saturated carbocycles. The third-order valence-electron chi connectivity index (χ3n) is 1.99. The van der Waals surface area contributed by atoms with E-state index >= 15 is 0 Å². The molecule has 0 aliphatic heterocycles. The van der Waals surface area contributed by atoms with Gasteiger partial charge in [-0.1, -0.05) is 6.07 Å². The van der Waals surface area contributed by atoms with Crippen LogP contribution in [0.1, 0.15) is 34.8 Å². The van der Waals surface area contributed by atoms with Crippen LogP contribution in [0.2, 0.25) is 0 Å². The first kappa shape index (κ1) is 11.1. The highest BCUT2D eigenvalue weighted by molar-refractivity contribution is 6.01. The zero-order valence-electron chi connectivity index (χ0n) is 7.92. The summed E-state index contributed by atoms with van der Waals surface area (Å²) in [5.74, 6) is -0.570. The summed E-state index contributed by atoms with van der Waals surface area (Å²) in [5.41, 5.74) is 4.62. The van der Waals surface area contributed by atoms with Gasteiger partial charge in [-0.2, -0.15) is 5.26 Å². The van der Waals surface area contributed by atoms with Crippen LogP contribution in [0, 0.1) is 11.3 Å². The number of nitrogens with two attached hydrogens (primary N) is 1. The van der Waals surface area contributed by atoms with Gasteiger partial charge in [-0.05, 0) is 13.0 Å². The summed E-state index contributed by atoms with van der Waals surface area (Å²) in [6, 6.07) is 3.97. The Morgan fingerprint density at radius 2 is 2.13 bits per heavy atom. The van der Waals surface area contributed by atoms with Crippen LogP contribution >= 0.6 is 0 Å². The molecule has 3 nitrogen and oxygen atoms in total. The van der Waals surface area contributed by atoms with Gasteiger partial charge >= 0.3 is 0 Å². The lowest BCUT2D eigenvalue weighted by Crippen LogP contribution is -2.07. The molecule has 0 aliphatic carbocycles. The molecule has 0 radical (unpaired) electrons. The van der Waals surface area contributed by atoms with Crippen molar-refractivity contribution in [3.63, 3.8) is 0 Å². The molecule has 1 aromatic carbocycles. The molecule has 2 N–H and O–H groups in total. The van der Waals surface area contributed by atoms with Crippen molar-refractivity contribution in [2.75, 3.05) is 5.73 Å². The van der Waals surface area contributed by atoms with Gasteiger partial charge in [0.1, 0.15) is 6.07 Å². The van der Waals surface area contributed by atoms with E-state index in [1.165, 1.54) is 6.07 Å². The standard InChI is InChI=1S/C10H8F2N2O/c1-5(15)8-7(10(11)12)3-2-6(4-13)9(8)14/h2-3,10H,14H2,1H3. The van der Waals surface area contributed by atoms with E-state index in [2.05, 4.69) is 0 Å². The van der Waals surface area contributed by atoms with Crippen molar-refractivity contribution in [1.29, 1.82) is 5.26 Å². The van der Waals surface area contributed by atoms with Gasteiger partial charge in [0.15, 0.2) is 5.78 Å². The molecule has 15 heavy (non-hydrogen) atoms. The lowest BCUT2D eigenvalue weighted by Gasteiger charge is -2.09. The molecule has 1 aromatic rings. The summed E-state index contributed by atoms with van der Waals surface area (Å²) < 4.78 is 25.0. The second-order valence-corrected chi connectivity index (χ2v) is 2.96. The molecule has 0 bridgehead atoms. The maximum absolute atomic E-state index is 12.5. The number of anilines is 1. The van der Waals surface area contributed by atoms with E-state index in [0.29, 0.717) is 0 Å². The fourth-order valence-corrected chi connectivity index (χ4v) is 1.31. The minimum Gasteiger partial charge on any atom is -0.397 e. The predicted octanol–water partition coefficient (Wildman–Crippen LogP) is 2.28. The number of ketones is 1. The van der Waals surface area contributed by atoms with Crippen molar-refractivity contribution in [1.82, 2.24) is 0 Å². The molecule has 0 unspecified atom stereocenters. The van der Waals surface area contributed by atoms with Crippen LogP contribution in [-0.4, -0.2) is 5.78 Å². The fraction of sp³-hybridized carbons (Fsp3) is 0.200. The molecule has 1 rings (SSSR count). The van der Waals surface area contributed by atoms with Crippen LogP contribution < -0.4 is 5.73 Å². The Kier molecular flexibility index (Phi) is 3.00. The quantitative estimate of drug-likeness (QED) is 0.601. The Labute approximate surface area is 85.1 Å². The predicted molar refractivity (Wildman–Crippen MR) is 50.5 cm³/mol. The molecule has 0 saturated heterocycles. The molecular weight excluding hydrogens is 202 g/mol. The molecule has 5 heteroatoms. The smallest absolute Gasteiger partial charge is 0.264 e. The molecule has 0 spiro atoms. The number of hydrogen-bond acceptors (Lipinski definition) is 3. The topological polar surface area (TPSA) is 66.9 Å². The van der Waals surface area contributed by atoms with Gasteiger partial charge < -0.3 is 5.73 Å². The number of nitriles is 1. The van der Waals surface area contributed by atoms with Crippen molar-refractivity contribution in [3.05, 3.63) is 28.8 Å². The Morgan fingerprint density at radius 1 is 1.53 bits per heavy atom. The van der Waals surface area contributed by atoms with E-state index < -0.39 is 17.8 Å². The van der Waals surface area contributed by atoms with Gasteiger partial charge in [0.25, 0.3) is 6.43 Å². The van der Waals surface area contributed by atoms with Gasteiger partial charge in [0.05, 0.1) is 16.8 Å². The molecule has 0 heterocycles. The van der Waals surface area contributed by atoms with Gasteiger partial charge in [-0.15, -0.1) is 0 Å². The third-order valence-corrected chi connectivity index (χ3v) is 1.99. The van der Waals surface area contributed by atoms with Crippen LogP contribution in [0.25, 0.3) is 0 Å². The number of halogens is 2. The second kappa shape index (κ2) is 4.05. The van der Waals surface area contributed by atoms with Gasteiger partial charge in [0, 0.05) is 5.56 Å². The maximum atomic E-state index is 12.5. The molecule has 78 valence electrons. The van der Waals surface area contributed by atoms with Crippen LogP contribution in [0.15, 0.2) is 12.1 Å². The number of carbonyl (C=O) groups is 1. The van der Waals surface area contributed by atoms with E-state index in [1.807, 2.05) is 0 Å². The number of nitrogens with zero attached hydrogens (tertiary/aromatic N) is 1. The third kappa shape index (κ3) is 1.94. The van der Waals surface area contributed by atoms with E-state index in [4.69, 9.17) is 11.0 Å². The monoisotopic (exact) mass is 210 g/mol. The number of rotatable bonds is 2. The van der Waals surface area contributed by atoms with Crippen molar-refractivity contribution in [3.8, 4) is 6.07 Å². The fourth-order valence-electron chi connectivity index (χ4n) is 1.31. The molecule has 0 atom stereocenters. The van der Waals surface area contributed by atoms with E-state index in [1.54, 1.807) is 6.07 Å². The average molecular weight is 210 g/mol. The first-order valence-corrected chi connectivity index (χ1v) is 4.10. The van der Waals surface area contributed by atoms with E-state index in [-0.39, 0.29) is 16.8 Å². The average Bonchev–Trinajstić information content (AvgIpc) is 2.16. The Morgan fingerprint density at radius 3 is 2.53 bits per heavy atom. The number of nitrogen functional groups attached to an aromatic ring is 1. The summed E-state index contributed by atoms with van der Waals surface area (Å²) >= 11 is 0. The summed E-state index contributed by atoms with van der Waals surface area (Å²) in [6.45, 7) is 1.14. The van der Waals surface area contributed by atoms with E-state index in [0.717, 1.165) is 13.0 Å². The van der Waals surface area contributed by atoms with Crippen molar-refractivity contribution >= 4 is 11.5 Å². The van der Waals surface area contributed by atoms with Gasteiger partial charge in [-0.25, -0.2) is 8.78 Å². The summed E-state index contributed by atoms with van der Waals surface area (Å²) in [6.07, 6.45) is -2.78. The maximum Gasteiger partial charge on any atom is 0.264 e. The number of carbonyl (C=O) groups excluding carboxylic acids is 1. The summed E-state index contributed by atoms with van der Waals surface area (Å²) in [5, 5.41) is 8.63. The highest BCUT2D eigenvalue weighted by Gasteiger charge is 2.20. The minimum atomic E-state index is -2.78. The molecular formula is C10H8F2N2O. The van der Waals surface area contributed by atoms with Crippen LogP contribution in [0.4, 0.5) is 14.5 Å². The Bertz CT molecular complexity index is 449. The molecule has 0 aliphatic rings. The first-order chi connectivity index (χ1) is 6.99. The number of Topliss-reactive ketones (excluding diaryl/α,β-unsaturated/α-hetero) is 1. The van der Waals surface area contributed by atoms with Crippen molar-refractivity contribution in [2.45, 2.75) is 13.3 Å². The summed E-state index contributed by atoms with van der Waals surface area (Å²) in [7, 11) is 0. The van der Waals surface area contributed by atoms with Crippen molar-refractivity contribution in [2.24, 2.45) is 0 Å². The zero-order chi connectivity index (χ0) is 11.6. The normalized spacial score (nSPS) is 10.1. The largest absolute Gasteiger partial charge is 0.397 e. The van der Waals surface area contributed by atoms with Crippen LogP contribution in [0.5, 0.6) is 0 Å². The first-order valence-electron chi connectivity index (χ1n) is 4.10. The zero-order valence-corrected chi connectivity index (χ0v) is 7.92. The molecule has 0 amide bonds. The molecule has 0 aromatic heterocycles. The number of benzene rings is 1. The molecule has 0 fully saturated rings. The van der Waals surface area contributed by atoms with E-state index in [9.17, 15) is 13.6 Å². The minimum absolute atomic E-state index is 0.0320. The lowest BCUT2D eigenvalue weighted by molar-refractivity contribution is 0.1000. The highest BCUT2D eigenvalue weighted by atomic mass is 19.3. The van der Waals surface area contributed by atoms with Gasteiger partial charge in [0.2, 0.25) is 0 Å². The Balaban J connectivity index is 3.53. The van der Waals surface area contributed by atoms with Crippen LogP contribution in [-0.2, 0) is 0 Å². The Hall–Kier alpha value is -1.96. The highest BCUT2D eigenvalue weighted by Crippen LogP contribution is 2.29. The van der Waals surface area contributed by atoms with Crippen LogP contribution in [0.3, 0.4) is 0 Å². The lowest BCUT2D eigenvalue weighted by atomic mass is 9.99. The van der Waals surface area contributed by atoms with Gasteiger partial charge in [-0.3, -0.25) is 4.79 Å². The second-order valence-electron chi connectivity index (χ2n) is 2.96.